The minimum Gasteiger partial charge on any atom is -0.312 e. The average molecular weight is 171 g/mol. The van der Waals surface area contributed by atoms with E-state index < -0.39 is 7.75 Å². The molecule has 0 aromatic carbocycles. The second-order valence-electron chi connectivity index (χ2n) is 1.77. The molecule has 0 heterocycles. The van der Waals surface area contributed by atoms with Crippen LogP contribution in [0.5, 0.6) is 0 Å². The van der Waals surface area contributed by atoms with E-state index in [0.717, 1.165) is 0 Å². The Morgan fingerprint density at radius 2 is 2.22 bits per heavy atom. The summed E-state index contributed by atoms with van der Waals surface area (Å²) in [5.74, 6) is 0. The highest BCUT2D eigenvalue weighted by Gasteiger charge is 2.17. The SMILES string of the molecule is CC(C)OP(=O)(O)NS. The summed E-state index contributed by atoms with van der Waals surface area (Å²) < 4.78 is 16.9. The number of thiol groups is 1. The van der Waals surface area contributed by atoms with Gasteiger partial charge in [-0.2, -0.15) is 4.49 Å². The topological polar surface area (TPSA) is 58.6 Å². The molecule has 0 aliphatic heterocycles. The van der Waals surface area contributed by atoms with Gasteiger partial charge >= 0.3 is 7.75 Å². The summed E-state index contributed by atoms with van der Waals surface area (Å²) in [4.78, 5) is 8.64. The minimum absolute atomic E-state index is 0.277. The Balaban J connectivity index is 3.73. The maximum Gasteiger partial charge on any atom is 0.412 e. The van der Waals surface area contributed by atoms with Gasteiger partial charge in [-0.3, -0.25) is 4.52 Å². The molecule has 0 saturated heterocycles. The van der Waals surface area contributed by atoms with E-state index in [1.165, 1.54) is 0 Å². The molecule has 0 bridgehead atoms. The van der Waals surface area contributed by atoms with Crippen LogP contribution in [0.25, 0.3) is 0 Å². The van der Waals surface area contributed by atoms with Gasteiger partial charge in [0.25, 0.3) is 0 Å². The highest BCUT2D eigenvalue weighted by atomic mass is 32.1. The van der Waals surface area contributed by atoms with Crippen molar-refractivity contribution in [3.63, 3.8) is 0 Å². The monoisotopic (exact) mass is 171 g/mol. The molecule has 0 aromatic heterocycles. The Bertz CT molecular complexity index is 128. The lowest BCUT2D eigenvalue weighted by Gasteiger charge is -2.11. The van der Waals surface area contributed by atoms with E-state index in [1.807, 2.05) is 4.49 Å². The summed E-state index contributed by atoms with van der Waals surface area (Å²) in [6.07, 6.45) is -0.277. The van der Waals surface area contributed by atoms with E-state index in [9.17, 15) is 4.57 Å². The van der Waals surface area contributed by atoms with Gasteiger partial charge in [-0.15, -0.1) is 0 Å². The first-order chi connectivity index (χ1) is 3.98. The Hall–Kier alpha value is 0.460. The van der Waals surface area contributed by atoms with Crippen LogP contribution in [-0.2, 0) is 9.09 Å². The molecule has 0 aliphatic rings. The largest absolute Gasteiger partial charge is 0.412 e. The summed E-state index contributed by atoms with van der Waals surface area (Å²) in [6.45, 7) is 3.32. The van der Waals surface area contributed by atoms with Gasteiger partial charge in [0.1, 0.15) is 0 Å². The first-order valence-electron chi connectivity index (χ1n) is 2.40. The zero-order valence-corrected chi connectivity index (χ0v) is 7.02. The molecule has 0 fully saturated rings. The van der Waals surface area contributed by atoms with E-state index in [4.69, 9.17) is 4.89 Å². The van der Waals surface area contributed by atoms with Crippen LogP contribution in [0.15, 0.2) is 0 Å². The van der Waals surface area contributed by atoms with E-state index in [2.05, 4.69) is 17.3 Å². The summed E-state index contributed by atoms with van der Waals surface area (Å²) in [7, 11) is -3.62. The fraction of sp³-hybridized carbons (Fsp3) is 1.00. The molecule has 0 aromatic rings. The molecular weight excluding hydrogens is 161 g/mol. The quantitative estimate of drug-likeness (QED) is 0.437. The Morgan fingerprint density at radius 3 is 2.33 bits per heavy atom. The Kier molecular flexibility index (Phi) is 3.77. The van der Waals surface area contributed by atoms with Gasteiger partial charge in [-0.1, -0.05) is 12.8 Å². The molecule has 4 nitrogen and oxygen atoms in total. The van der Waals surface area contributed by atoms with Crippen molar-refractivity contribution in [3.05, 3.63) is 0 Å². The van der Waals surface area contributed by atoms with Gasteiger partial charge in [0, 0.05) is 0 Å². The van der Waals surface area contributed by atoms with Crippen LogP contribution in [0.2, 0.25) is 0 Å². The van der Waals surface area contributed by atoms with Crippen LogP contribution in [0.1, 0.15) is 13.8 Å². The number of hydrogen-bond acceptors (Lipinski definition) is 3. The molecule has 0 saturated carbocycles. The molecule has 9 heavy (non-hydrogen) atoms. The lowest BCUT2D eigenvalue weighted by molar-refractivity contribution is 0.203. The second-order valence-corrected chi connectivity index (χ2v) is 3.83. The summed E-state index contributed by atoms with van der Waals surface area (Å²) in [5, 5.41) is 0. The third-order valence-corrected chi connectivity index (χ3v) is 2.20. The fourth-order valence-corrected chi connectivity index (χ4v) is 1.07. The minimum atomic E-state index is -3.62. The first-order valence-corrected chi connectivity index (χ1v) is 4.43. The van der Waals surface area contributed by atoms with Crippen molar-refractivity contribution in [2.75, 3.05) is 0 Å². The summed E-state index contributed by atoms with van der Waals surface area (Å²) in [6, 6.07) is 0. The third-order valence-electron chi connectivity index (χ3n) is 0.480. The molecule has 0 rings (SSSR count). The van der Waals surface area contributed by atoms with Crippen LogP contribution in [0, 0.1) is 0 Å². The van der Waals surface area contributed by atoms with Crippen LogP contribution in [0.4, 0.5) is 0 Å². The standard InChI is InChI=1S/C3H10NO3PS/c1-3(2)7-8(5,6)4-9/h3,9H,1-2H3,(H2,4,5,6). The molecule has 1 atom stereocenters. The molecule has 0 amide bonds. The van der Waals surface area contributed by atoms with E-state index in [-0.39, 0.29) is 6.10 Å². The van der Waals surface area contributed by atoms with Crippen molar-refractivity contribution >= 4 is 20.6 Å². The van der Waals surface area contributed by atoms with Gasteiger partial charge in [0.15, 0.2) is 0 Å². The van der Waals surface area contributed by atoms with Crippen molar-refractivity contribution in [2.24, 2.45) is 0 Å². The number of nitrogens with one attached hydrogen (secondary N) is 1. The lowest BCUT2D eigenvalue weighted by Crippen LogP contribution is -2.06. The van der Waals surface area contributed by atoms with Crippen LogP contribution >= 0.6 is 20.6 Å². The van der Waals surface area contributed by atoms with Crippen LogP contribution in [0.3, 0.4) is 0 Å². The molecule has 2 N–H and O–H groups in total. The first kappa shape index (κ1) is 9.46. The zero-order chi connectivity index (χ0) is 7.49. The second kappa shape index (κ2) is 3.58. The normalized spacial score (nSPS) is 17.9. The van der Waals surface area contributed by atoms with Crippen molar-refractivity contribution < 1.29 is 14.0 Å². The summed E-state index contributed by atoms with van der Waals surface area (Å²) in [5.41, 5.74) is 0. The third kappa shape index (κ3) is 4.93. The van der Waals surface area contributed by atoms with E-state index in [1.54, 1.807) is 13.8 Å². The molecular formula is C3H10NO3PS. The maximum absolute atomic E-state index is 10.5. The molecule has 6 heteroatoms. The highest BCUT2D eigenvalue weighted by molar-refractivity contribution is 7.85. The fourth-order valence-electron chi connectivity index (χ4n) is 0.309. The number of hydrogen-bond donors (Lipinski definition) is 3. The number of rotatable bonds is 3. The molecule has 1 unspecified atom stereocenters. The molecule has 0 radical (unpaired) electrons. The molecule has 0 aliphatic carbocycles. The predicted octanol–water partition coefficient (Wildman–Crippen LogP) is 0.946. The van der Waals surface area contributed by atoms with Crippen molar-refractivity contribution in [3.8, 4) is 0 Å². The molecule has 0 spiro atoms. The van der Waals surface area contributed by atoms with Crippen molar-refractivity contribution in [2.45, 2.75) is 20.0 Å². The maximum atomic E-state index is 10.5. The average Bonchev–Trinajstić information content (AvgIpc) is 1.63. The van der Waals surface area contributed by atoms with Crippen molar-refractivity contribution in [1.29, 1.82) is 0 Å². The van der Waals surface area contributed by atoms with Gasteiger partial charge in [0.2, 0.25) is 0 Å². The van der Waals surface area contributed by atoms with Crippen LogP contribution < -0.4 is 4.49 Å². The van der Waals surface area contributed by atoms with Crippen molar-refractivity contribution in [1.82, 2.24) is 4.49 Å². The van der Waals surface area contributed by atoms with E-state index in [0.29, 0.717) is 0 Å². The van der Waals surface area contributed by atoms with Crippen LogP contribution in [-0.4, -0.2) is 11.0 Å². The van der Waals surface area contributed by atoms with Gasteiger partial charge in [0.05, 0.1) is 6.10 Å². The molecule has 56 valence electrons. The Morgan fingerprint density at radius 1 is 1.78 bits per heavy atom. The lowest BCUT2D eigenvalue weighted by atomic mass is 10.5. The zero-order valence-electron chi connectivity index (χ0n) is 5.24. The summed E-state index contributed by atoms with van der Waals surface area (Å²) >= 11 is 3.39. The Labute approximate surface area is 59.7 Å². The highest BCUT2D eigenvalue weighted by Crippen LogP contribution is 2.38. The predicted molar refractivity (Wildman–Crippen MR) is 38.2 cm³/mol. The van der Waals surface area contributed by atoms with Gasteiger partial charge in [-0.05, 0) is 13.8 Å². The van der Waals surface area contributed by atoms with Gasteiger partial charge in [-0.25, -0.2) is 4.57 Å². The van der Waals surface area contributed by atoms with Gasteiger partial charge < -0.3 is 4.89 Å². The van der Waals surface area contributed by atoms with E-state index >= 15 is 0 Å². The smallest absolute Gasteiger partial charge is 0.312 e.